The lowest BCUT2D eigenvalue weighted by atomic mass is 10.0. The molecule has 0 radical (unpaired) electrons. The number of hydrogen-bond donors (Lipinski definition) is 9. The maximum absolute atomic E-state index is 13.6. The molecule has 236 valence electrons. The fourth-order valence-corrected chi connectivity index (χ4v) is 4.33. The number of nitrogens with zero attached hydrogens (tertiary/aromatic N) is 1. The summed E-state index contributed by atoms with van der Waals surface area (Å²) >= 11 is 0. The molecular formula is C27H41N9O7. The molecule has 0 unspecified atom stereocenters. The first-order valence-corrected chi connectivity index (χ1v) is 14.0. The first-order valence-electron chi connectivity index (χ1n) is 14.0. The zero-order valence-corrected chi connectivity index (χ0v) is 23.8. The Morgan fingerprint density at radius 1 is 0.791 bits per heavy atom. The number of guanidine groups is 1. The van der Waals surface area contributed by atoms with Crippen LogP contribution in [0.1, 0.15) is 44.1 Å². The minimum atomic E-state index is -1.55. The van der Waals surface area contributed by atoms with E-state index in [4.69, 9.17) is 17.2 Å². The number of unbranched alkanes of at least 4 members (excludes halogenated alkanes) is 1. The van der Waals surface area contributed by atoms with Crippen molar-refractivity contribution in [2.24, 2.45) is 22.2 Å². The molecule has 16 heteroatoms. The molecule has 0 spiro atoms. The summed E-state index contributed by atoms with van der Waals surface area (Å²) in [4.78, 5) is 81.1. The van der Waals surface area contributed by atoms with E-state index in [2.05, 4.69) is 31.6 Å². The molecule has 1 aliphatic heterocycles. The maximum atomic E-state index is 13.6. The highest BCUT2D eigenvalue weighted by Crippen LogP contribution is 2.09. The van der Waals surface area contributed by atoms with E-state index in [1.54, 1.807) is 30.3 Å². The number of nitrogens with two attached hydrogens (primary N) is 3. The van der Waals surface area contributed by atoms with Gasteiger partial charge < -0.3 is 48.9 Å². The Balaban J connectivity index is 2.44. The Bertz CT molecular complexity index is 1160. The zero-order valence-electron chi connectivity index (χ0n) is 23.8. The number of hydrogen-bond acceptors (Lipinski definition) is 8. The third-order valence-corrected chi connectivity index (χ3v) is 6.53. The molecule has 1 aliphatic rings. The van der Waals surface area contributed by atoms with Gasteiger partial charge in [-0.2, -0.15) is 0 Å². The molecule has 2 rings (SSSR count). The van der Waals surface area contributed by atoms with Gasteiger partial charge in [0, 0.05) is 13.0 Å². The van der Waals surface area contributed by atoms with Gasteiger partial charge in [-0.15, -0.1) is 0 Å². The topological polar surface area (TPSA) is 273 Å². The smallest absolute Gasteiger partial charge is 0.305 e. The van der Waals surface area contributed by atoms with E-state index < -0.39 is 72.6 Å². The third-order valence-electron chi connectivity index (χ3n) is 6.53. The summed E-state index contributed by atoms with van der Waals surface area (Å²) in [6, 6.07) is 3.75. The van der Waals surface area contributed by atoms with Crippen molar-refractivity contribution in [2.45, 2.75) is 69.1 Å². The number of carboxylic acids is 1. The predicted molar refractivity (Wildman–Crippen MR) is 156 cm³/mol. The van der Waals surface area contributed by atoms with Crippen molar-refractivity contribution in [1.82, 2.24) is 26.6 Å². The summed E-state index contributed by atoms with van der Waals surface area (Å²) in [5.74, 6) is -5.36. The quantitative estimate of drug-likeness (QED) is 0.0661. The number of rotatable bonds is 12. The van der Waals surface area contributed by atoms with Crippen LogP contribution in [0.5, 0.6) is 0 Å². The van der Waals surface area contributed by atoms with Crippen molar-refractivity contribution < 1.29 is 33.9 Å². The summed E-state index contributed by atoms with van der Waals surface area (Å²) in [7, 11) is 0. The number of carboxylic acid groups (broad SMARTS) is 1. The largest absolute Gasteiger partial charge is 0.481 e. The van der Waals surface area contributed by atoms with Crippen LogP contribution in [0.4, 0.5) is 0 Å². The lowest BCUT2D eigenvalue weighted by Crippen LogP contribution is -2.58. The van der Waals surface area contributed by atoms with Crippen LogP contribution < -0.4 is 43.8 Å². The summed E-state index contributed by atoms with van der Waals surface area (Å²) in [6.45, 7) is -0.0746. The SMILES string of the molecule is NCCCC[C@@H]1NC(=O)[C@@H](Cc2ccccc2)NC(=O)[C@H](CC(=O)O)NC(=O)CNC(=O)[C@H](CCCN=C(N)N)NC1=O. The molecule has 4 atom stereocenters. The fraction of sp³-hybridized carbons (Fsp3) is 0.519. The third kappa shape index (κ3) is 12.8. The minimum Gasteiger partial charge on any atom is -0.481 e. The Morgan fingerprint density at radius 2 is 1.37 bits per heavy atom. The van der Waals surface area contributed by atoms with E-state index in [1.807, 2.05) is 0 Å². The van der Waals surface area contributed by atoms with Crippen LogP contribution in [0.2, 0.25) is 0 Å². The molecule has 1 heterocycles. The molecule has 0 aliphatic carbocycles. The van der Waals surface area contributed by atoms with Crippen molar-refractivity contribution in [3.8, 4) is 0 Å². The molecule has 1 saturated heterocycles. The van der Waals surface area contributed by atoms with Crippen LogP contribution in [0, 0.1) is 0 Å². The first kappa shape index (κ1) is 34.5. The summed E-state index contributed by atoms with van der Waals surface area (Å²) in [6.07, 6.45) is 0.854. The maximum Gasteiger partial charge on any atom is 0.305 e. The van der Waals surface area contributed by atoms with Gasteiger partial charge in [-0.1, -0.05) is 30.3 Å². The number of nitrogens with one attached hydrogen (secondary N) is 5. The lowest BCUT2D eigenvalue weighted by molar-refractivity contribution is -0.141. The van der Waals surface area contributed by atoms with Crippen molar-refractivity contribution in [3.63, 3.8) is 0 Å². The van der Waals surface area contributed by atoms with Gasteiger partial charge in [-0.25, -0.2) is 0 Å². The summed E-state index contributed by atoms with van der Waals surface area (Å²) < 4.78 is 0. The van der Waals surface area contributed by atoms with Crippen LogP contribution in [-0.4, -0.2) is 90.4 Å². The molecule has 16 nitrogen and oxygen atoms in total. The number of aliphatic imine (C=N–C) groups is 1. The Morgan fingerprint density at radius 3 is 2.00 bits per heavy atom. The number of carbonyl (C=O) groups excluding carboxylic acids is 5. The number of benzene rings is 1. The average molecular weight is 604 g/mol. The highest BCUT2D eigenvalue weighted by atomic mass is 16.4. The molecule has 0 aromatic heterocycles. The lowest BCUT2D eigenvalue weighted by Gasteiger charge is -2.26. The second-order valence-electron chi connectivity index (χ2n) is 10.0. The molecule has 5 amide bonds. The van der Waals surface area contributed by atoms with Gasteiger partial charge in [0.25, 0.3) is 0 Å². The fourth-order valence-electron chi connectivity index (χ4n) is 4.33. The van der Waals surface area contributed by atoms with Gasteiger partial charge in [0.05, 0.1) is 13.0 Å². The van der Waals surface area contributed by atoms with Gasteiger partial charge in [-0.05, 0) is 44.2 Å². The van der Waals surface area contributed by atoms with Gasteiger partial charge in [0.15, 0.2) is 5.96 Å². The zero-order chi connectivity index (χ0) is 31.8. The van der Waals surface area contributed by atoms with E-state index in [1.165, 1.54) is 0 Å². The Hall–Kier alpha value is -4.73. The van der Waals surface area contributed by atoms with E-state index in [9.17, 15) is 33.9 Å². The highest BCUT2D eigenvalue weighted by molar-refractivity contribution is 5.98. The van der Waals surface area contributed by atoms with Gasteiger partial charge >= 0.3 is 5.97 Å². The van der Waals surface area contributed by atoms with Gasteiger partial charge in [0.1, 0.15) is 24.2 Å². The van der Waals surface area contributed by atoms with Crippen LogP contribution in [0.15, 0.2) is 35.3 Å². The minimum absolute atomic E-state index is 0.0107. The Kier molecular flexibility index (Phi) is 14.4. The van der Waals surface area contributed by atoms with Crippen LogP contribution in [-0.2, 0) is 35.2 Å². The molecule has 0 bridgehead atoms. The van der Waals surface area contributed by atoms with Gasteiger partial charge in [0.2, 0.25) is 29.5 Å². The number of amides is 5. The second-order valence-corrected chi connectivity index (χ2v) is 10.0. The molecule has 1 fully saturated rings. The molecule has 1 aromatic rings. The molecular weight excluding hydrogens is 562 g/mol. The molecule has 12 N–H and O–H groups in total. The van der Waals surface area contributed by atoms with E-state index >= 15 is 0 Å². The van der Waals surface area contributed by atoms with Crippen molar-refractivity contribution in [3.05, 3.63) is 35.9 Å². The van der Waals surface area contributed by atoms with Crippen molar-refractivity contribution in [1.29, 1.82) is 0 Å². The first-order chi connectivity index (χ1) is 20.5. The number of aliphatic carboxylic acids is 1. The predicted octanol–water partition coefficient (Wildman–Crippen LogP) is -3.04. The summed E-state index contributed by atoms with van der Waals surface area (Å²) in [5, 5.41) is 21.9. The van der Waals surface area contributed by atoms with E-state index in [0.29, 0.717) is 31.4 Å². The monoisotopic (exact) mass is 603 g/mol. The average Bonchev–Trinajstić information content (AvgIpc) is 2.95. The van der Waals surface area contributed by atoms with Crippen LogP contribution >= 0.6 is 0 Å². The molecule has 1 aromatic carbocycles. The highest BCUT2D eigenvalue weighted by Gasteiger charge is 2.33. The molecule has 0 saturated carbocycles. The normalized spacial score (nSPS) is 22.0. The number of carbonyl (C=O) groups is 6. The van der Waals surface area contributed by atoms with Crippen LogP contribution in [0.3, 0.4) is 0 Å². The standard InChI is InChI=1S/C27H41N9O7/c28-11-5-4-9-18-24(41)34-17(10-6-12-31-27(29)30)23(40)32-15-21(37)33-20(14-22(38)39)26(43)36-19(25(42)35-18)13-16-7-2-1-3-8-16/h1-3,7-8,17-20H,4-6,9-15,28H2,(H,32,40)(H,33,37)(H,34,41)(H,35,42)(H,36,43)(H,38,39)(H4,29,30,31)/t17-,18-,19+,20-/m0/s1. The van der Waals surface area contributed by atoms with Gasteiger partial charge in [-0.3, -0.25) is 33.8 Å². The summed E-state index contributed by atoms with van der Waals surface area (Å²) in [5.41, 5.74) is 17.0. The Labute approximate surface area is 249 Å². The van der Waals surface area contributed by atoms with E-state index in [-0.39, 0.29) is 31.8 Å². The van der Waals surface area contributed by atoms with Crippen molar-refractivity contribution >= 4 is 41.5 Å². The van der Waals surface area contributed by atoms with Crippen LogP contribution in [0.25, 0.3) is 0 Å². The molecule has 43 heavy (non-hydrogen) atoms. The van der Waals surface area contributed by atoms with E-state index in [0.717, 1.165) is 0 Å². The van der Waals surface area contributed by atoms with Crippen molar-refractivity contribution in [2.75, 3.05) is 19.6 Å². The second kappa shape index (κ2) is 17.9.